The maximum absolute atomic E-state index is 10.2. The molecule has 0 amide bonds. The van der Waals surface area contributed by atoms with Gasteiger partial charge in [-0.15, -0.1) is 0 Å². The van der Waals surface area contributed by atoms with Crippen LogP contribution in [0.5, 0.6) is 0 Å². The molecule has 0 aliphatic rings. The highest BCUT2D eigenvalue weighted by Gasteiger charge is 2.22. The van der Waals surface area contributed by atoms with Crippen LogP contribution in [-0.4, -0.2) is 28.3 Å². The Balaban J connectivity index is 3.82. The monoisotopic (exact) mass is 161 g/mol. The Morgan fingerprint density at radius 3 is 2.27 bits per heavy atom. The number of aliphatic hydroxyl groups is 1. The summed E-state index contributed by atoms with van der Waals surface area (Å²) < 4.78 is 0. The second-order valence-corrected chi connectivity index (χ2v) is 3.08. The minimum absolute atomic E-state index is 0.305. The summed E-state index contributed by atoms with van der Waals surface area (Å²) in [6, 6.07) is -0.660. The third kappa shape index (κ3) is 3.95. The maximum atomic E-state index is 10.2. The summed E-state index contributed by atoms with van der Waals surface area (Å²) in [6.45, 7) is 3.85. The van der Waals surface area contributed by atoms with Crippen LogP contribution in [-0.2, 0) is 4.79 Å². The van der Waals surface area contributed by atoms with Gasteiger partial charge in [0, 0.05) is 6.04 Å². The number of aliphatic carboxylic acids is 1. The number of hydrogen-bond acceptors (Lipinski definition) is 3. The number of hydrogen-bond donors (Lipinski definition) is 3. The smallest absolute Gasteiger partial charge is 0.334 e. The number of rotatable bonds is 4. The molecule has 66 valence electrons. The Labute approximate surface area is 66.0 Å². The Bertz CT molecular complexity index is 136. The normalized spacial score (nSPS) is 16.5. The fraction of sp³-hybridized carbons (Fsp3) is 0.857. The van der Waals surface area contributed by atoms with Gasteiger partial charge in [0.1, 0.15) is 0 Å². The van der Waals surface area contributed by atoms with Crippen LogP contribution in [0.3, 0.4) is 0 Å². The summed E-state index contributed by atoms with van der Waals surface area (Å²) in [4.78, 5) is 10.2. The molecule has 0 bridgehead atoms. The molecule has 0 aromatic heterocycles. The fourth-order valence-electron chi connectivity index (χ4n) is 0.856. The molecule has 4 nitrogen and oxygen atoms in total. The van der Waals surface area contributed by atoms with E-state index in [0.29, 0.717) is 12.3 Å². The minimum atomic E-state index is -1.43. The molecule has 0 unspecified atom stereocenters. The molecule has 0 saturated carbocycles. The molecule has 4 heteroatoms. The van der Waals surface area contributed by atoms with Crippen LogP contribution >= 0.6 is 0 Å². The number of carbonyl (C=O) groups is 1. The van der Waals surface area contributed by atoms with Crippen LogP contribution in [0.25, 0.3) is 0 Å². The first-order valence-corrected chi connectivity index (χ1v) is 3.61. The lowest BCUT2D eigenvalue weighted by Crippen LogP contribution is -2.41. The van der Waals surface area contributed by atoms with Crippen molar-refractivity contribution in [3.05, 3.63) is 0 Å². The molecular weight excluding hydrogens is 146 g/mol. The predicted molar refractivity (Wildman–Crippen MR) is 41.1 cm³/mol. The third-order valence-corrected chi connectivity index (χ3v) is 1.40. The van der Waals surface area contributed by atoms with Crippen molar-refractivity contribution in [1.29, 1.82) is 0 Å². The van der Waals surface area contributed by atoms with Crippen molar-refractivity contribution in [1.82, 2.24) is 0 Å². The van der Waals surface area contributed by atoms with Crippen molar-refractivity contribution in [3.8, 4) is 0 Å². The van der Waals surface area contributed by atoms with Crippen LogP contribution in [0.15, 0.2) is 0 Å². The second-order valence-electron chi connectivity index (χ2n) is 3.08. The molecule has 4 N–H and O–H groups in total. The van der Waals surface area contributed by atoms with Gasteiger partial charge < -0.3 is 15.9 Å². The highest BCUT2D eigenvalue weighted by molar-refractivity contribution is 5.72. The average Bonchev–Trinajstić information content (AvgIpc) is 1.84. The molecule has 0 aromatic rings. The molecule has 0 rings (SSSR count). The molecular formula is C7H15NO3. The van der Waals surface area contributed by atoms with Gasteiger partial charge in [-0.1, -0.05) is 13.8 Å². The minimum Gasteiger partial charge on any atom is -0.479 e. The lowest BCUT2D eigenvalue weighted by Gasteiger charge is -2.16. The molecule has 2 atom stereocenters. The molecule has 0 aliphatic carbocycles. The molecule has 0 aromatic carbocycles. The van der Waals surface area contributed by atoms with Crippen molar-refractivity contribution in [2.75, 3.05) is 0 Å². The zero-order valence-corrected chi connectivity index (χ0v) is 6.82. The van der Waals surface area contributed by atoms with E-state index in [1.54, 1.807) is 0 Å². The molecule has 0 fully saturated rings. The first-order valence-electron chi connectivity index (χ1n) is 3.61. The van der Waals surface area contributed by atoms with E-state index in [9.17, 15) is 4.79 Å². The summed E-state index contributed by atoms with van der Waals surface area (Å²) in [5.74, 6) is -0.947. The quantitative estimate of drug-likeness (QED) is 0.533. The van der Waals surface area contributed by atoms with Gasteiger partial charge >= 0.3 is 5.97 Å². The van der Waals surface area contributed by atoms with Gasteiger partial charge in [0.15, 0.2) is 6.10 Å². The van der Waals surface area contributed by atoms with Gasteiger partial charge in [0.05, 0.1) is 0 Å². The van der Waals surface area contributed by atoms with E-state index in [1.165, 1.54) is 0 Å². The van der Waals surface area contributed by atoms with Gasteiger partial charge in [-0.2, -0.15) is 0 Å². The highest BCUT2D eigenvalue weighted by Crippen LogP contribution is 2.05. The zero-order chi connectivity index (χ0) is 9.02. The number of aliphatic hydroxyl groups excluding tert-OH is 1. The molecule has 0 spiro atoms. The third-order valence-electron chi connectivity index (χ3n) is 1.40. The molecule has 0 aliphatic heterocycles. The van der Waals surface area contributed by atoms with E-state index in [-0.39, 0.29) is 0 Å². The van der Waals surface area contributed by atoms with Crippen LogP contribution in [0.4, 0.5) is 0 Å². The van der Waals surface area contributed by atoms with E-state index in [2.05, 4.69) is 0 Å². The van der Waals surface area contributed by atoms with Crippen LogP contribution in [0.2, 0.25) is 0 Å². The maximum Gasteiger partial charge on any atom is 0.334 e. The Hall–Kier alpha value is -0.610. The molecule has 0 radical (unpaired) electrons. The summed E-state index contributed by atoms with van der Waals surface area (Å²) in [5.41, 5.74) is 5.39. The van der Waals surface area contributed by atoms with Gasteiger partial charge in [0.2, 0.25) is 0 Å². The lowest BCUT2D eigenvalue weighted by atomic mass is 10.0. The van der Waals surface area contributed by atoms with Crippen molar-refractivity contribution in [2.24, 2.45) is 11.7 Å². The largest absolute Gasteiger partial charge is 0.479 e. The van der Waals surface area contributed by atoms with E-state index >= 15 is 0 Å². The van der Waals surface area contributed by atoms with E-state index < -0.39 is 18.1 Å². The molecule has 0 saturated heterocycles. The summed E-state index contributed by atoms with van der Waals surface area (Å²) in [6.07, 6.45) is -0.912. The lowest BCUT2D eigenvalue weighted by molar-refractivity contribution is -0.147. The fourth-order valence-corrected chi connectivity index (χ4v) is 0.856. The van der Waals surface area contributed by atoms with Gasteiger partial charge in [-0.3, -0.25) is 0 Å². The van der Waals surface area contributed by atoms with Crippen molar-refractivity contribution < 1.29 is 15.0 Å². The summed E-state index contributed by atoms with van der Waals surface area (Å²) >= 11 is 0. The Kier molecular flexibility index (Phi) is 4.07. The topological polar surface area (TPSA) is 83.5 Å². The molecule has 11 heavy (non-hydrogen) atoms. The van der Waals surface area contributed by atoms with E-state index in [0.717, 1.165) is 0 Å². The van der Waals surface area contributed by atoms with Crippen LogP contribution < -0.4 is 5.73 Å². The SMILES string of the molecule is CC(C)C[C@@H](N)[C@@H](O)C(=O)O. The zero-order valence-electron chi connectivity index (χ0n) is 6.82. The van der Waals surface area contributed by atoms with E-state index in [4.69, 9.17) is 15.9 Å². The highest BCUT2D eigenvalue weighted by atomic mass is 16.4. The second kappa shape index (κ2) is 4.31. The van der Waals surface area contributed by atoms with Crippen molar-refractivity contribution in [3.63, 3.8) is 0 Å². The summed E-state index contributed by atoms with van der Waals surface area (Å²) in [5, 5.41) is 17.3. The Morgan fingerprint density at radius 1 is 1.55 bits per heavy atom. The molecule has 0 heterocycles. The first kappa shape index (κ1) is 10.4. The van der Waals surface area contributed by atoms with Crippen molar-refractivity contribution >= 4 is 5.97 Å². The predicted octanol–water partition coefficient (Wildman–Crippen LogP) is -0.195. The van der Waals surface area contributed by atoms with Crippen LogP contribution in [0.1, 0.15) is 20.3 Å². The van der Waals surface area contributed by atoms with Gasteiger partial charge in [0.25, 0.3) is 0 Å². The van der Waals surface area contributed by atoms with Gasteiger partial charge in [-0.05, 0) is 12.3 Å². The standard InChI is InChI=1S/C7H15NO3/c1-4(2)3-5(8)6(9)7(10)11/h4-6,9H,3,8H2,1-2H3,(H,10,11)/t5-,6-/m1/s1. The average molecular weight is 161 g/mol. The first-order chi connectivity index (χ1) is 4.95. The number of carboxylic acids is 1. The van der Waals surface area contributed by atoms with Crippen molar-refractivity contribution in [2.45, 2.75) is 32.4 Å². The number of carboxylic acid groups (broad SMARTS) is 1. The van der Waals surface area contributed by atoms with E-state index in [1.807, 2.05) is 13.8 Å². The Morgan fingerprint density at radius 2 is 2.00 bits per heavy atom. The summed E-state index contributed by atoms with van der Waals surface area (Å²) in [7, 11) is 0. The van der Waals surface area contributed by atoms with Crippen LogP contribution in [0, 0.1) is 5.92 Å². The van der Waals surface area contributed by atoms with Gasteiger partial charge in [-0.25, -0.2) is 4.79 Å². The number of nitrogens with two attached hydrogens (primary N) is 1.